The second-order valence-corrected chi connectivity index (χ2v) is 7.26. The molecule has 1 N–H and O–H groups in total. The van der Waals surface area contributed by atoms with Crippen LogP contribution in [0.15, 0.2) is 66.7 Å². The molecule has 2 heterocycles. The molecular formula is C23H27N5. The predicted octanol–water partition coefficient (Wildman–Crippen LogP) is 3.55. The number of rotatable bonds is 6. The summed E-state index contributed by atoms with van der Waals surface area (Å²) in [6.07, 6.45) is 0.968. The third-order valence-electron chi connectivity index (χ3n) is 5.13. The second-order valence-electron chi connectivity index (χ2n) is 7.26. The molecular weight excluding hydrogens is 346 g/mol. The lowest BCUT2D eigenvalue weighted by atomic mass is 10.1. The molecule has 144 valence electrons. The zero-order chi connectivity index (χ0) is 19.2. The van der Waals surface area contributed by atoms with Crippen LogP contribution in [-0.2, 0) is 6.42 Å². The van der Waals surface area contributed by atoms with Crippen molar-refractivity contribution in [3.8, 4) is 11.3 Å². The normalized spacial score (nSPS) is 14.8. The quantitative estimate of drug-likeness (QED) is 0.716. The standard InChI is InChI=1S/C23H27N5/c1-27-14-16-28(17-15-27)23-25-21(20-10-6-3-7-11-20)18-22(26-23)24-13-12-19-8-4-2-5-9-19/h2-11,18H,12-17H2,1H3,(H,24,25,26). The molecule has 0 saturated carbocycles. The summed E-state index contributed by atoms with van der Waals surface area (Å²) < 4.78 is 0. The highest BCUT2D eigenvalue weighted by molar-refractivity contribution is 5.64. The first-order chi connectivity index (χ1) is 13.8. The molecule has 1 aliphatic heterocycles. The first-order valence-corrected chi connectivity index (χ1v) is 9.94. The van der Waals surface area contributed by atoms with Gasteiger partial charge in [0, 0.05) is 44.4 Å². The Morgan fingerprint density at radius 1 is 0.857 bits per heavy atom. The highest BCUT2D eigenvalue weighted by Crippen LogP contribution is 2.23. The van der Waals surface area contributed by atoms with Crippen molar-refractivity contribution in [2.24, 2.45) is 0 Å². The number of nitrogens with one attached hydrogen (secondary N) is 1. The molecule has 0 radical (unpaired) electrons. The number of anilines is 2. The van der Waals surface area contributed by atoms with Crippen molar-refractivity contribution in [3.63, 3.8) is 0 Å². The average Bonchev–Trinajstić information content (AvgIpc) is 2.75. The SMILES string of the molecule is CN1CCN(c2nc(NCCc3ccccc3)cc(-c3ccccc3)n2)CC1. The lowest BCUT2D eigenvalue weighted by Crippen LogP contribution is -2.45. The van der Waals surface area contributed by atoms with E-state index in [-0.39, 0.29) is 0 Å². The number of hydrogen-bond donors (Lipinski definition) is 1. The minimum absolute atomic E-state index is 0.816. The zero-order valence-corrected chi connectivity index (χ0v) is 16.4. The molecule has 0 aliphatic carbocycles. The maximum Gasteiger partial charge on any atom is 0.227 e. The Kier molecular flexibility index (Phi) is 5.83. The van der Waals surface area contributed by atoms with Crippen molar-refractivity contribution < 1.29 is 0 Å². The summed E-state index contributed by atoms with van der Waals surface area (Å²) in [5.41, 5.74) is 3.41. The predicted molar refractivity (Wildman–Crippen MR) is 116 cm³/mol. The van der Waals surface area contributed by atoms with Crippen molar-refractivity contribution in [1.29, 1.82) is 0 Å². The molecule has 1 aliphatic rings. The largest absolute Gasteiger partial charge is 0.370 e. The van der Waals surface area contributed by atoms with Gasteiger partial charge in [-0.05, 0) is 19.0 Å². The Labute approximate surface area is 167 Å². The van der Waals surface area contributed by atoms with Crippen LogP contribution in [0.3, 0.4) is 0 Å². The third kappa shape index (κ3) is 4.67. The van der Waals surface area contributed by atoms with Gasteiger partial charge < -0.3 is 15.1 Å². The van der Waals surface area contributed by atoms with E-state index >= 15 is 0 Å². The number of benzene rings is 2. The van der Waals surface area contributed by atoms with Gasteiger partial charge in [-0.2, -0.15) is 4.98 Å². The van der Waals surface area contributed by atoms with Crippen LogP contribution in [0.1, 0.15) is 5.56 Å². The van der Waals surface area contributed by atoms with E-state index in [4.69, 9.17) is 9.97 Å². The molecule has 0 atom stereocenters. The van der Waals surface area contributed by atoms with Crippen molar-refractivity contribution in [1.82, 2.24) is 14.9 Å². The molecule has 5 heteroatoms. The zero-order valence-electron chi connectivity index (χ0n) is 16.4. The van der Waals surface area contributed by atoms with Crippen LogP contribution in [0.5, 0.6) is 0 Å². The van der Waals surface area contributed by atoms with E-state index < -0.39 is 0 Å². The summed E-state index contributed by atoms with van der Waals surface area (Å²) in [6, 6.07) is 22.9. The number of aromatic nitrogens is 2. The van der Waals surface area contributed by atoms with E-state index in [1.807, 2.05) is 6.07 Å². The van der Waals surface area contributed by atoms with Gasteiger partial charge in [0.1, 0.15) is 5.82 Å². The van der Waals surface area contributed by atoms with E-state index in [2.05, 4.69) is 82.8 Å². The summed E-state index contributed by atoms with van der Waals surface area (Å²) in [4.78, 5) is 14.3. The van der Waals surface area contributed by atoms with Gasteiger partial charge in [0.05, 0.1) is 5.69 Å². The summed E-state index contributed by atoms with van der Waals surface area (Å²) in [5.74, 6) is 1.70. The van der Waals surface area contributed by atoms with E-state index in [0.717, 1.165) is 62.2 Å². The first kappa shape index (κ1) is 18.4. The Morgan fingerprint density at radius 2 is 1.54 bits per heavy atom. The van der Waals surface area contributed by atoms with Crippen LogP contribution >= 0.6 is 0 Å². The summed E-state index contributed by atoms with van der Waals surface area (Å²) in [7, 11) is 2.16. The second kappa shape index (κ2) is 8.85. The topological polar surface area (TPSA) is 44.3 Å². The molecule has 1 saturated heterocycles. The molecule has 3 aromatic rings. The highest BCUT2D eigenvalue weighted by atomic mass is 15.3. The smallest absolute Gasteiger partial charge is 0.227 e. The molecule has 5 nitrogen and oxygen atoms in total. The van der Waals surface area contributed by atoms with Gasteiger partial charge in [0.25, 0.3) is 0 Å². The fourth-order valence-electron chi connectivity index (χ4n) is 3.41. The molecule has 0 unspecified atom stereocenters. The molecule has 28 heavy (non-hydrogen) atoms. The first-order valence-electron chi connectivity index (χ1n) is 9.94. The minimum atomic E-state index is 0.816. The van der Waals surface area contributed by atoms with Gasteiger partial charge in [-0.15, -0.1) is 0 Å². The van der Waals surface area contributed by atoms with Gasteiger partial charge >= 0.3 is 0 Å². The summed E-state index contributed by atoms with van der Waals surface area (Å²) in [6.45, 7) is 4.83. The van der Waals surface area contributed by atoms with Crippen LogP contribution in [-0.4, -0.2) is 54.6 Å². The molecule has 1 fully saturated rings. The summed E-state index contributed by atoms with van der Waals surface area (Å²) in [5, 5.41) is 3.50. The Bertz CT molecular complexity index is 874. The van der Waals surface area contributed by atoms with Gasteiger partial charge in [0.15, 0.2) is 0 Å². The van der Waals surface area contributed by atoms with Crippen LogP contribution in [0.25, 0.3) is 11.3 Å². The van der Waals surface area contributed by atoms with Crippen molar-refractivity contribution in [2.45, 2.75) is 6.42 Å². The van der Waals surface area contributed by atoms with Gasteiger partial charge in [-0.25, -0.2) is 4.98 Å². The number of likely N-dealkylation sites (N-methyl/N-ethyl adjacent to an activating group) is 1. The lowest BCUT2D eigenvalue weighted by Gasteiger charge is -2.32. The Morgan fingerprint density at radius 3 is 2.25 bits per heavy atom. The number of hydrogen-bond acceptors (Lipinski definition) is 5. The van der Waals surface area contributed by atoms with E-state index in [0.29, 0.717) is 0 Å². The third-order valence-corrected chi connectivity index (χ3v) is 5.13. The van der Waals surface area contributed by atoms with Crippen molar-refractivity contribution in [2.75, 3.05) is 50.0 Å². The fourth-order valence-corrected chi connectivity index (χ4v) is 3.41. The van der Waals surface area contributed by atoms with Crippen LogP contribution < -0.4 is 10.2 Å². The van der Waals surface area contributed by atoms with Crippen molar-refractivity contribution >= 4 is 11.8 Å². The van der Waals surface area contributed by atoms with Gasteiger partial charge in [-0.3, -0.25) is 0 Å². The molecule has 2 aromatic carbocycles. The summed E-state index contributed by atoms with van der Waals surface area (Å²) >= 11 is 0. The maximum atomic E-state index is 4.87. The molecule has 0 spiro atoms. The molecule has 0 bridgehead atoms. The van der Waals surface area contributed by atoms with E-state index in [1.165, 1.54) is 5.56 Å². The monoisotopic (exact) mass is 373 g/mol. The molecule has 4 rings (SSSR count). The fraction of sp³-hybridized carbons (Fsp3) is 0.304. The number of nitrogens with zero attached hydrogens (tertiary/aromatic N) is 4. The Balaban J connectivity index is 1.55. The minimum Gasteiger partial charge on any atom is -0.370 e. The number of piperazine rings is 1. The maximum absolute atomic E-state index is 4.87. The van der Waals surface area contributed by atoms with Gasteiger partial charge in [0.2, 0.25) is 5.95 Å². The van der Waals surface area contributed by atoms with E-state index in [9.17, 15) is 0 Å². The van der Waals surface area contributed by atoms with Crippen molar-refractivity contribution in [3.05, 3.63) is 72.3 Å². The van der Waals surface area contributed by atoms with Crippen LogP contribution in [0.4, 0.5) is 11.8 Å². The van der Waals surface area contributed by atoms with E-state index in [1.54, 1.807) is 0 Å². The Hall–Kier alpha value is -2.92. The molecule has 0 amide bonds. The lowest BCUT2D eigenvalue weighted by molar-refractivity contribution is 0.311. The van der Waals surface area contributed by atoms with Crippen LogP contribution in [0.2, 0.25) is 0 Å². The average molecular weight is 374 g/mol. The van der Waals surface area contributed by atoms with Gasteiger partial charge in [-0.1, -0.05) is 60.7 Å². The highest BCUT2D eigenvalue weighted by Gasteiger charge is 2.18. The molecule has 1 aromatic heterocycles. The van der Waals surface area contributed by atoms with Crippen LogP contribution in [0, 0.1) is 0 Å².